The van der Waals surface area contributed by atoms with Crippen LogP contribution in [0.2, 0.25) is 0 Å². The Kier molecular flexibility index (Phi) is 6.06. The first-order valence-corrected chi connectivity index (χ1v) is 9.09. The Labute approximate surface area is 139 Å². The summed E-state index contributed by atoms with van der Waals surface area (Å²) in [5.41, 5.74) is -0.933. The summed E-state index contributed by atoms with van der Waals surface area (Å²) < 4.78 is 5.93. The molecule has 1 amide bonds. The Bertz CT molecular complexity index is 429. The Balaban J connectivity index is 2.16. The molecule has 5 heteroatoms. The molecule has 0 spiro atoms. The third-order valence-electron chi connectivity index (χ3n) is 5.28. The minimum Gasteiger partial charge on any atom is -0.465 e. The first-order chi connectivity index (χ1) is 10.9. The Morgan fingerprint density at radius 2 is 1.87 bits per heavy atom. The average molecular weight is 325 g/mol. The summed E-state index contributed by atoms with van der Waals surface area (Å²) in [6.45, 7) is 5.56. The number of hydrogen-bond acceptors (Lipinski definition) is 3. The first-order valence-electron chi connectivity index (χ1n) is 9.09. The molecule has 1 heterocycles. The maximum Gasteiger partial charge on any atom is 0.409 e. The van der Waals surface area contributed by atoms with E-state index in [4.69, 9.17) is 4.74 Å². The summed E-state index contributed by atoms with van der Waals surface area (Å²) >= 11 is 0. The molecule has 0 aromatic carbocycles. The van der Waals surface area contributed by atoms with Gasteiger partial charge >= 0.3 is 6.09 Å². The van der Waals surface area contributed by atoms with Gasteiger partial charge in [0.1, 0.15) is 11.8 Å². The smallest absolute Gasteiger partial charge is 0.409 e. The number of hydrogen-bond donors (Lipinski definition) is 1. The van der Waals surface area contributed by atoms with Gasteiger partial charge in [0.05, 0.1) is 6.04 Å². The number of ketones is 1. The van der Waals surface area contributed by atoms with Gasteiger partial charge in [-0.15, -0.1) is 0 Å². The van der Waals surface area contributed by atoms with Crippen molar-refractivity contribution in [1.29, 1.82) is 0 Å². The molecule has 2 rings (SSSR count). The lowest BCUT2D eigenvalue weighted by Gasteiger charge is -2.33. The molecule has 5 nitrogen and oxygen atoms in total. The second-order valence-corrected chi connectivity index (χ2v) is 7.51. The second-order valence-electron chi connectivity index (χ2n) is 7.51. The van der Waals surface area contributed by atoms with E-state index in [0.717, 1.165) is 32.1 Å². The number of nitrogens with zero attached hydrogens (tertiary/aromatic N) is 1. The van der Waals surface area contributed by atoms with E-state index in [0.29, 0.717) is 12.3 Å². The Hall–Kier alpha value is -1.10. The van der Waals surface area contributed by atoms with E-state index in [1.54, 1.807) is 13.8 Å². The van der Waals surface area contributed by atoms with E-state index in [2.05, 4.69) is 6.92 Å². The zero-order valence-corrected chi connectivity index (χ0v) is 14.7. The number of carbonyl (C=O) groups is 2. The molecule has 132 valence electrons. The number of ether oxygens (including phenoxy) is 1. The number of carbonyl (C=O) groups excluding carboxylic acids is 1. The Morgan fingerprint density at radius 1 is 1.22 bits per heavy atom. The molecule has 1 aliphatic carbocycles. The quantitative estimate of drug-likeness (QED) is 0.795. The van der Waals surface area contributed by atoms with Gasteiger partial charge in [0, 0.05) is 6.42 Å². The van der Waals surface area contributed by atoms with Gasteiger partial charge in [-0.05, 0) is 32.6 Å². The third kappa shape index (κ3) is 4.25. The van der Waals surface area contributed by atoms with Crippen molar-refractivity contribution in [3.63, 3.8) is 0 Å². The van der Waals surface area contributed by atoms with Crippen molar-refractivity contribution in [3.8, 4) is 0 Å². The Morgan fingerprint density at radius 3 is 2.43 bits per heavy atom. The van der Waals surface area contributed by atoms with Crippen molar-refractivity contribution in [2.75, 3.05) is 0 Å². The van der Waals surface area contributed by atoms with Gasteiger partial charge in [0.15, 0.2) is 5.78 Å². The molecule has 2 fully saturated rings. The van der Waals surface area contributed by atoms with Crippen molar-refractivity contribution in [2.24, 2.45) is 5.92 Å². The minimum absolute atomic E-state index is 0.0597. The fourth-order valence-electron chi connectivity index (χ4n) is 4.12. The van der Waals surface area contributed by atoms with Crippen LogP contribution in [0.4, 0.5) is 4.79 Å². The standard InChI is InChI=1S/C18H31NO4/c1-4-5-11-15(20)16-14(12-13-9-7-6-8-10-13)19(17(21)22)18(2,3)23-16/h13-14,16H,4-12H2,1-3H3,(H,21,22)/t14-,16+/m0/s1. The van der Waals surface area contributed by atoms with E-state index in [9.17, 15) is 14.7 Å². The zero-order chi connectivity index (χ0) is 17.0. The van der Waals surface area contributed by atoms with Gasteiger partial charge in [-0.1, -0.05) is 45.4 Å². The van der Waals surface area contributed by atoms with Crippen LogP contribution < -0.4 is 0 Å². The highest BCUT2D eigenvalue weighted by Gasteiger charge is 2.52. The topological polar surface area (TPSA) is 66.8 Å². The van der Waals surface area contributed by atoms with Gasteiger partial charge in [-0.25, -0.2) is 4.79 Å². The van der Waals surface area contributed by atoms with E-state index in [1.165, 1.54) is 24.2 Å². The molecule has 1 saturated heterocycles. The highest BCUT2D eigenvalue weighted by Crippen LogP contribution is 2.39. The predicted octanol–water partition coefficient (Wildman–Crippen LogP) is 4.20. The molecule has 0 unspecified atom stereocenters. The lowest BCUT2D eigenvalue weighted by Crippen LogP contribution is -2.49. The van der Waals surface area contributed by atoms with Crippen molar-refractivity contribution in [3.05, 3.63) is 0 Å². The lowest BCUT2D eigenvalue weighted by molar-refractivity contribution is -0.136. The number of carboxylic acid groups (broad SMARTS) is 1. The van der Waals surface area contributed by atoms with E-state index in [1.807, 2.05) is 0 Å². The molecular weight excluding hydrogens is 294 g/mol. The molecule has 1 aliphatic heterocycles. The number of Topliss-reactive ketones (excluding diaryl/α,β-unsaturated/α-hetero) is 1. The zero-order valence-electron chi connectivity index (χ0n) is 14.7. The summed E-state index contributed by atoms with van der Waals surface area (Å²) in [7, 11) is 0. The highest BCUT2D eigenvalue weighted by atomic mass is 16.6. The van der Waals surface area contributed by atoms with Crippen LogP contribution in [0.1, 0.15) is 78.6 Å². The largest absolute Gasteiger partial charge is 0.465 e. The monoisotopic (exact) mass is 325 g/mol. The molecule has 2 atom stereocenters. The van der Waals surface area contributed by atoms with E-state index >= 15 is 0 Å². The minimum atomic E-state index is -0.985. The van der Waals surface area contributed by atoms with Gasteiger partial charge in [-0.2, -0.15) is 0 Å². The molecule has 1 saturated carbocycles. The van der Waals surface area contributed by atoms with Gasteiger partial charge < -0.3 is 9.84 Å². The van der Waals surface area contributed by atoms with Crippen LogP contribution in [-0.2, 0) is 9.53 Å². The van der Waals surface area contributed by atoms with Crippen LogP contribution in [-0.4, -0.2) is 39.8 Å². The van der Waals surface area contributed by atoms with Crippen molar-refractivity contribution >= 4 is 11.9 Å². The van der Waals surface area contributed by atoms with Crippen molar-refractivity contribution in [2.45, 2.75) is 96.4 Å². The van der Waals surface area contributed by atoms with Crippen molar-refractivity contribution < 1.29 is 19.4 Å². The summed E-state index contributed by atoms with van der Waals surface area (Å²) in [6, 6.07) is -0.338. The average Bonchev–Trinajstić information content (AvgIpc) is 2.76. The van der Waals surface area contributed by atoms with Crippen molar-refractivity contribution in [1.82, 2.24) is 4.90 Å². The maximum absolute atomic E-state index is 12.6. The number of rotatable bonds is 6. The molecule has 0 bridgehead atoms. The predicted molar refractivity (Wildman–Crippen MR) is 88.3 cm³/mol. The lowest BCUT2D eigenvalue weighted by atomic mass is 9.82. The summed E-state index contributed by atoms with van der Waals surface area (Å²) in [5, 5.41) is 9.66. The van der Waals surface area contributed by atoms with Crippen LogP contribution in [0.25, 0.3) is 0 Å². The third-order valence-corrected chi connectivity index (χ3v) is 5.28. The second kappa shape index (κ2) is 7.65. The molecule has 1 N–H and O–H groups in total. The van der Waals surface area contributed by atoms with Crippen LogP contribution in [0.15, 0.2) is 0 Å². The summed E-state index contributed by atoms with van der Waals surface area (Å²) in [5.74, 6) is 0.569. The molecule has 0 aromatic rings. The highest BCUT2D eigenvalue weighted by molar-refractivity contribution is 5.85. The molecule has 0 radical (unpaired) electrons. The molecule has 23 heavy (non-hydrogen) atoms. The molecule has 0 aromatic heterocycles. The van der Waals surface area contributed by atoms with Gasteiger partial charge in [0.2, 0.25) is 0 Å². The summed E-state index contributed by atoms with van der Waals surface area (Å²) in [6.07, 6.45) is 7.40. The van der Waals surface area contributed by atoms with Crippen LogP contribution in [0.5, 0.6) is 0 Å². The van der Waals surface area contributed by atoms with Crippen LogP contribution in [0.3, 0.4) is 0 Å². The van der Waals surface area contributed by atoms with Crippen LogP contribution in [0, 0.1) is 5.92 Å². The van der Waals surface area contributed by atoms with Gasteiger partial charge in [-0.3, -0.25) is 9.69 Å². The molecule has 2 aliphatic rings. The first kappa shape index (κ1) is 18.2. The molecular formula is C18H31NO4. The van der Waals surface area contributed by atoms with Crippen LogP contribution >= 0.6 is 0 Å². The SMILES string of the molecule is CCCCC(=O)[C@@H]1OC(C)(C)N(C(=O)O)[C@H]1CC1CCCCC1. The normalized spacial score (nSPS) is 28.0. The number of unbranched alkanes of at least 4 members (excludes halogenated alkanes) is 1. The maximum atomic E-state index is 12.6. The fraction of sp³-hybridized carbons (Fsp3) is 0.889. The fourth-order valence-corrected chi connectivity index (χ4v) is 4.12. The van der Waals surface area contributed by atoms with E-state index < -0.39 is 17.9 Å². The van der Waals surface area contributed by atoms with Gasteiger partial charge in [0.25, 0.3) is 0 Å². The van der Waals surface area contributed by atoms with E-state index in [-0.39, 0.29) is 11.8 Å². The summed E-state index contributed by atoms with van der Waals surface area (Å²) in [4.78, 5) is 25.7. The number of amides is 1.